The molecule has 2 nitrogen and oxygen atoms in total. The van der Waals surface area contributed by atoms with Crippen LogP contribution in [0.25, 0.3) is 0 Å². The molecule has 0 saturated heterocycles. The van der Waals surface area contributed by atoms with Crippen LogP contribution in [0.3, 0.4) is 0 Å². The van der Waals surface area contributed by atoms with Crippen molar-refractivity contribution < 1.29 is 9.84 Å². The maximum Gasteiger partial charge on any atom is 0.125 e. The third kappa shape index (κ3) is 2.61. The second-order valence-electron chi connectivity index (χ2n) is 2.94. The first-order chi connectivity index (χ1) is 6.15. The maximum absolute atomic E-state index is 8.61. The summed E-state index contributed by atoms with van der Waals surface area (Å²) in [5, 5.41) is 9.33. The molecule has 0 amide bonds. The Balaban J connectivity index is 2.92. The summed E-state index contributed by atoms with van der Waals surface area (Å²) in [6.45, 7) is 4.22. The zero-order valence-corrected chi connectivity index (χ0v) is 8.56. The monoisotopic (exact) mass is 200 g/mol. The van der Waals surface area contributed by atoms with Crippen molar-refractivity contribution >= 4 is 11.6 Å². The first-order valence-electron chi connectivity index (χ1n) is 4.15. The van der Waals surface area contributed by atoms with E-state index in [1.807, 2.05) is 26.0 Å². The largest absolute Gasteiger partial charge is 0.491 e. The molecular weight excluding hydrogens is 188 g/mol. The molecule has 0 aromatic heterocycles. The predicted octanol–water partition coefficient (Wildman–Crippen LogP) is 2.33. The summed E-state index contributed by atoms with van der Waals surface area (Å²) in [6.07, 6.45) is 0. The lowest BCUT2D eigenvalue weighted by molar-refractivity contribution is 0.200. The molecule has 0 radical (unpaired) electrons. The van der Waals surface area contributed by atoms with Crippen LogP contribution < -0.4 is 4.74 Å². The molecule has 0 saturated carbocycles. The highest BCUT2D eigenvalue weighted by atomic mass is 35.5. The Bertz CT molecular complexity index is 274. The highest BCUT2D eigenvalue weighted by Crippen LogP contribution is 2.26. The Labute approximate surface area is 83.1 Å². The Hall–Kier alpha value is -0.730. The van der Waals surface area contributed by atoms with Crippen molar-refractivity contribution in [2.45, 2.75) is 13.8 Å². The molecule has 1 rings (SSSR count). The number of hydrogen-bond donors (Lipinski definition) is 1. The van der Waals surface area contributed by atoms with Gasteiger partial charge in [-0.25, -0.2) is 0 Å². The second kappa shape index (κ2) is 4.49. The average molecular weight is 201 g/mol. The third-order valence-electron chi connectivity index (χ3n) is 1.76. The van der Waals surface area contributed by atoms with Crippen molar-refractivity contribution in [3.05, 3.63) is 28.3 Å². The van der Waals surface area contributed by atoms with Gasteiger partial charge in [0.05, 0.1) is 6.61 Å². The standard InChI is InChI=1S/C10H13ClO2/c1-7-5-9(11)6-8(2)10(7)13-4-3-12/h5-6,12H,3-4H2,1-2H3. The summed E-state index contributed by atoms with van der Waals surface area (Å²) >= 11 is 5.85. The van der Waals surface area contributed by atoms with E-state index >= 15 is 0 Å². The molecule has 0 heterocycles. The van der Waals surface area contributed by atoms with Gasteiger partial charge in [0, 0.05) is 5.02 Å². The summed E-state index contributed by atoms with van der Waals surface area (Å²) in [5.41, 5.74) is 2.00. The summed E-state index contributed by atoms with van der Waals surface area (Å²) in [5.74, 6) is 0.818. The number of halogens is 1. The highest BCUT2D eigenvalue weighted by molar-refractivity contribution is 6.30. The predicted molar refractivity (Wildman–Crippen MR) is 53.5 cm³/mol. The third-order valence-corrected chi connectivity index (χ3v) is 1.98. The molecule has 0 spiro atoms. The van der Waals surface area contributed by atoms with Gasteiger partial charge in [-0.3, -0.25) is 0 Å². The average Bonchev–Trinajstić information content (AvgIpc) is 2.02. The van der Waals surface area contributed by atoms with Crippen LogP contribution in [0.5, 0.6) is 5.75 Å². The fourth-order valence-electron chi connectivity index (χ4n) is 1.27. The molecule has 1 aromatic carbocycles. The fourth-order valence-corrected chi connectivity index (χ4v) is 1.60. The Kier molecular flexibility index (Phi) is 3.58. The molecule has 0 bridgehead atoms. The van der Waals surface area contributed by atoms with Crippen LogP contribution in [0.4, 0.5) is 0 Å². The molecule has 0 aliphatic rings. The van der Waals surface area contributed by atoms with Crippen LogP contribution in [0.15, 0.2) is 12.1 Å². The minimum absolute atomic E-state index is 0.0293. The van der Waals surface area contributed by atoms with E-state index < -0.39 is 0 Å². The van der Waals surface area contributed by atoms with Crippen molar-refractivity contribution in [3.63, 3.8) is 0 Å². The minimum Gasteiger partial charge on any atom is -0.491 e. The molecule has 72 valence electrons. The summed E-state index contributed by atoms with van der Waals surface area (Å²) < 4.78 is 5.36. The van der Waals surface area contributed by atoms with Gasteiger partial charge in [-0.15, -0.1) is 0 Å². The Morgan fingerprint density at radius 1 is 1.31 bits per heavy atom. The van der Waals surface area contributed by atoms with E-state index in [1.54, 1.807) is 0 Å². The number of aryl methyl sites for hydroxylation is 2. The number of aliphatic hydroxyl groups is 1. The number of benzene rings is 1. The van der Waals surface area contributed by atoms with E-state index in [0.29, 0.717) is 11.6 Å². The summed E-state index contributed by atoms with van der Waals surface area (Å²) in [4.78, 5) is 0. The molecule has 0 aliphatic heterocycles. The minimum atomic E-state index is 0.0293. The van der Waals surface area contributed by atoms with Gasteiger partial charge in [-0.05, 0) is 37.1 Å². The summed E-state index contributed by atoms with van der Waals surface area (Å²) in [7, 11) is 0. The first-order valence-corrected chi connectivity index (χ1v) is 4.53. The van der Waals surface area contributed by atoms with E-state index in [2.05, 4.69) is 0 Å². The topological polar surface area (TPSA) is 29.5 Å². The van der Waals surface area contributed by atoms with Crippen LogP contribution in [0.2, 0.25) is 5.02 Å². The lowest BCUT2D eigenvalue weighted by Crippen LogP contribution is -2.04. The van der Waals surface area contributed by atoms with Crippen LogP contribution in [-0.2, 0) is 0 Å². The van der Waals surface area contributed by atoms with Gasteiger partial charge in [-0.2, -0.15) is 0 Å². The lowest BCUT2D eigenvalue weighted by Gasteiger charge is -2.11. The maximum atomic E-state index is 8.61. The second-order valence-corrected chi connectivity index (χ2v) is 3.38. The normalized spacial score (nSPS) is 10.2. The highest BCUT2D eigenvalue weighted by Gasteiger charge is 2.04. The molecule has 0 fully saturated rings. The van der Waals surface area contributed by atoms with Crippen molar-refractivity contribution in [1.82, 2.24) is 0 Å². The van der Waals surface area contributed by atoms with E-state index in [4.69, 9.17) is 21.4 Å². The van der Waals surface area contributed by atoms with Crippen LogP contribution >= 0.6 is 11.6 Å². The molecule has 0 aliphatic carbocycles. The van der Waals surface area contributed by atoms with Gasteiger partial charge in [0.2, 0.25) is 0 Å². The van der Waals surface area contributed by atoms with Gasteiger partial charge in [0.25, 0.3) is 0 Å². The van der Waals surface area contributed by atoms with Crippen molar-refractivity contribution in [1.29, 1.82) is 0 Å². The number of aliphatic hydroxyl groups excluding tert-OH is 1. The lowest BCUT2D eigenvalue weighted by atomic mass is 10.1. The van der Waals surface area contributed by atoms with Crippen molar-refractivity contribution in [2.75, 3.05) is 13.2 Å². The zero-order valence-electron chi connectivity index (χ0n) is 7.80. The van der Waals surface area contributed by atoms with Gasteiger partial charge in [0.1, 0.15) is 12.4 Å². The molecule has 1 aromatic rings. The first kappa shape index (κ1) is 10.4. The molecule has 3 heteroatoms. The number of rotatable bonds is 3. The van der Waals surface area contributed by atoms with Gasteiger partial charge in [0.15, 0.2) is 0 Å². The van der Waals surface area contributed by atoms with Crippen LogP contribution in [-0.4, -0.2) is 18.3 Å². The van der Waals surface area contributed by atoms with Crippen LogP contribution in [0.1, 0.15) is 11.1 Å². The molecule has 1 N–H and O–H groups in total. The van der Waals surface area contributed by atoms with Crippen molar-refractivity contribution in [3.8, 4) is 5.75 Å². The van der Waals surface area contributed by atoms with Crippen LogP contribution in [0, 0.1) is 13.8 Å². The van der Waals surface area contributed by atoms with Crippen molar-refractivity contribution in [2.24, 2.45) is 0 Å². The molecule has 0 atom stereocenters. The zero-order chi connectivity index (χ0) is 9.84. The van der Waals surface area contributed by atoms with Gasteiger partial charge in [-0.1, -0.05) is 11.6 Å². The Morgan fingerprint density at radius 3 is 2.31 bits per heavy atom. The molecule has 0 unspecified atom stereocenters. The van der Waals surface area contributed by atoms with E-state index in [0.717, 1.165) is 16.9 Å². The quantitative estimate of drug-likeness (QED) is 0.812. The van der Waals surface area contributed by atoms with E-state index in [9.17, 15) is 0 Å². The van der Waals surface area contributed by atoms with Gasteiger partial charge < -0.3 is 9.84 Å². The number of ether oxygens (including phenoxy) is 1. The Morgan fingerprint density at radius 2 is 1.85 bits per heavy atom. The summed E-state index contributed by atoms with van der Waals surface area (Å²) in [6, 6.07) is 3.70. The number of hydrogen-bond acceptors (Lipinski definition) is 2. The SMILES string of the molecule is Cc1cc(Cl)cc(C)c1OCCO. The smallest absolute Gasteiger partial charge is 0.125 e. The van der Waals surface area contributed by atoms with E-state index in [-0.39, 0.29) is 6.61 Å². The van der Waals surface area contributed by atoms with E-state index in [1.165, 1.54) is 0 Å². The van der Waals surface area contributed by atoms with Gasteiger partial charge >= 0.3 is 0 Å². The molecule has 13 heavy (non-hydrogen) atoms. The fraction of sp³-hybridized carbons (Fsp3) is 0.400. The molecular formula is C10H13ClO2.